The molecule has 0 N–H and O–H groups in total. The van der Waals surface area contributed by atoms with Gasteiger partial charge in [0.1, 0.15) is 17.7 Å². The molecular formula is C18H19FN2O3. The number of nitrogens with zero attached hydrogens (tertiary/aromatic N) is 2. The third-order valence-corrected chi connectivity index (χ3v) is 3.90. The lowest BCUT2D eigenvalue weighted by atomic mass is 10.1. The standard InChI is InChI=1S/C18H19FN2O3/c19-14-4-6-15(7-5-14)23-13-18(22)21-11-8-16(9-12-21)24-17-3-1-2-10-20-17/h1-7,10,16H,8-9,11-13H2. The summed E-state index contributed by atoms with van der Waals surface area (Å²) in [6.07, 6.45) is 3.29. The van der Waals surface area contributed by atoms with E-state index in [9.17, 15) is 9.18 Å². The van der Waals surface area contributed by atoms with E-state index in [-0.39, 0.29) is 24.4 Å². The van der Waals surface area contributed by atoms with Crippen LogP contribution in [0.2, 0.25) is 0 Å². The molecule has 0 aliphatic carbocycles. The molecule has 1 saturated heterocycles. The van der Waals surface area contributed by atoms with Crippen LogP contribution in [0, 0.1) is 5.82 Å². The predicted octanol–water partition coefficient (Wildman–Crippen LogP) is 2.67. The highest BCUT2D eigenvalue weighted by molar-refractivity contribution is 5.77. The third kappa shape index (κ3) is 4.44. The monoisotopic (exact) mass is 330 g/mol. The van der Waals surface area contributed by atoms with E-state index >= 15 is 0 Å². The molecule has 3 rings (SSSR count). The summed E-state index contributed by atoms with van der Waals surface area (Å²) in [6, 6.07) is 11.2. The number of ether oxygens (including phenoxy) is 2. The second-order valence-corrected chi connectivity index (χ2v) is 5.61. The molecule has 1 aromatic carbocycles. The Hall–Kier alpha value is -2.63. The SMILES string of the molecule is O=C(COc1ccc(F)cc1)N1CCC(Oc2ccccn2)CC1. The summed E-state index contributed by atoms with van der Waals surface area (Å²) >= 11 is 0. The van der Waals surface area contributed by atoms with Crippen molar-refractivity contribution in [1.82, 2.24) is 9.88 Å². The van der Waals surface area contributed by atoms with Crippen molar-refractivity contribution in [2.75, 3.05) is 19.7 Å². The molecule has 0 saturated carbocycles. The van der Waals surface area contributed by atoms with Gasteiger partial charge in [0, 0.05) is 38.2 Å². The van der Waals surface area contributed by atoms with Gasteiger partial charge in [0.15, 0.2) is 6.61 Å². The number of rotatable bonds is 5. The number of aromatic nitrogens is 1. The number of hydrogen-bond donors (Lipinski definition) is 0. The number of likely N-dealkylation sites (tertiary alicyclic amines) is 1. The van der Waals surface area contributed by atoms with E-state index < -0.39 is 0 Å². The van der Waals surface area contributed by atoms with E-state index in [2.05, 4.69) is 4.98 Å². The molecule has 2 heterocycles. The molecule has 1 aromatic heterocycles. The van der Waals surface area contributed by atoms with E-state index in [0.29, 0.717) is 24.7 Å². The molecule has 0 radical (unpaired) electrons. The minimum absolute atomic E-state index is 0.0442. The zero-order valence-corrected chi connectivity index (χ0v) is 13.2. The maximum Gasteiger partial charge on any atom is 0.260 e. The van der Waals surface area contributed by atoms with Gasteiger partial charge in [-0.1, -0.05) is 6.07 Å². The van der Waals surface area contributed by atoms with Gasteiger partial charge in [0.05, 0.1) is 0 Å². The van der Waals surface area contributed by atoms with Crippen molar-refractivity contribution in [1.29, 1.82) is 0 Å². The Morgan fingerprint density at radius 3 is 2.58 bits per heavy atom. The lowest BCUT2D eigenvalue weighted by Crippen LogP contribution is -2.43. The van der Waals surface area contributed by atoms with Crippen molar-refractivity contribution < 1.29 is 18.7 Å². The molecule has 0 unspecified atom stereocenters. The van der Waals surface area contributed by atoms with Crippen LogP contribution in [0.25, 0.3) is 0 Å². The molecule has 0 atom stereocenters. The van der Waals surface area contributed by atoms with Gasteiger partial charge in [0.25, 0.3) is 5.91 Å². The van der Waals surface area contributed by atoms with Gasteiger partial charge >= 0.3 is 0 Å². The molecule has 24 heavy (non-hydrogen) atoms. The highest BCUT2D eigenvalue weighted by Crippen LogP contribution is 2.17. The first-order valence-corrected chi connectivity index (χ1v) is 7.94. The number of piperidine rings is 1. The van der Waals surface area contributed by atoms with Crippen LogP contribution in [0.5, 0.6) is 11.6 Å². The summed E-state index contributed by atoms with van der Waals surface area (Å²) in [5.41, 5.74) is 0. The van der Waals surface area contributed by atoms with Crippen LogP contribution in [0.1, 0.15) is 12.8 Å². The molecule has 1 fully saturated rings. The Bertz CT molecular complexity index is 656. The van der Waals surface area contributed by atoms with E-state index in [0.717, 1.165) is 12.8 Å². The largest absolute Gasteiger partial charge is 0.484 e. The highest BCUT2D eigenvalue weighted by Gasteiger charge is 2.24. The first-order valence-electron chi connectivity index (χ1n) is 7.94. The van der Waals surface area contributed by atoms with Crippen LogP contribution in [0.4, 0.5) is 4.39 Å². The topological polar surface area (TPSA) is 51.7 Å². The number of carbonyl (C=O) groups excluding carboxylic acids is 1. The van der Waals surface area contributed by atoms with Gasteiger partial charge in [0.2, 0.25) is 5.88 Å². The predicted molar refractivity (Wildman–Crippen MR) is 86.4 cm³/mol. The molecule has 1 amide bonds. The average molecular weight is 330 g/mol. The molecule has 5 nitrogen and oxygen atoms in total. The summed E-state index contributed by atoms with van der Waals surface area (Å²) in [7, 11) is 0. The molecule has 2 aromatic rings. The molecule has 1 aliphatic heterocycles. The quantitative estimate of drug-likeness (QED) is 0.846. The van der Waals surface area contributed by atoms with Crippen molar-refractivity contribution in [3.63, 3.8) is 0 Å². The van der Waals surface area contributed by atoms with Crippen molar-refractivity contribution in [3.8, 4) is 11.6 Å². The lowest BCUT2D eigenvalue weighted by Gasteiger charge is -2.31. The highest BCUT2D eigenvalue weighted by atomic mass is 19.1. The summed E-state index contributed by atoms with van der Waals surface area (Å²) in [5.74, 6) is 0.694. The summed E-state index contributed by atoms with van der Waals surface area (Å²) < 4.78 is 24.0. The van der Waals surface area contributed by atoms with Gasteiger partial charge in [-0.25, -0.2) is 9.37 Å². The molecule has 0 bridgehead atoms. The van der Waals surface area contributed by atoms with Crippen molar-refractivity contribution >= 4 is 5.91 Å². The van der Waals surface area contributed by atoms with E-state index in [4.69, 9.17) is 9.47 Å². The van der Waals surface area contributed by atoms with E-state index in [1.807, 2.05) is 18.2 Å². The summed E-state index contributed by atoms with van der Waals surface area (Å²) in [6.45, 7) is 1.21. The number of benzene rings is 1. The average Bonchev–Trinajstić information content (AvgIpc) is 2.62. The lowest BCUT2D eigenvalue weighted by molar-refractivity contribution is -0.135. The number of hydrogen-bond acceptors (Lipinski definition) is 4. The van der Waals surface area contributed by atoms with E-state index in [1.165, 1.54) is 24.3 Å². The molecule has 1 aliphatic rings. The smallest absolute Gasteiger partial charge is 0.260 e. The number of amides is 1. The number of halogens is 1. The molecule has 0 spiro atoms. The van der Waals surface area contributed by atoms with Gasteiger partial charge in [-0.05, 0) is 30.3 Å². The van der Waals surface area contributed by atoms with Gasteiger partial charge < -0.3 is 14.4 Å². The van der Waals surface area contributed by atoms with Crippen LogP contribution in [-0.4, -0.2) is 41.6 Å². The van der Waals surface area contributed by atoms with E-state index in [1.54, 1.807) is 11.1 Å². The molecule has 6 heteroatoms. The molecule has 126 valence electrons. The van der Waals surface area contributed by atoms with Gasteiger partial charge in [-0.2, -0.15) is 0 Å². The fraction of sp³-hybridized carbons (Fsp3) is 0.333. The normalized spacial score (nSPS) is 15.1. The minimum atomic E-state index is -0.330. The second-order valence-electron chi connectivity index (χ2n) is 5.61. The fourth-order valence-electron chi connectivity index (χ4n) is 2.58. The maximum atomic E-state index is 12.8. The summed E-state index contributed by atoms with van der Waals surface area (Å²) in [5, 5.41) is 0. The van der Waals surface area contributed by atoms with Crippen LogP contribution < -0.4 is 9.47 Å². The number of pyridine rings is 1. The molecular weight excluding hydrogens is 311 g/mol. The Balaban J connectivity index is 1.42. The van der Waals surface area contributed by atoms with Crippen molar-refractivity contribution in [2.45, 2.75) is 18.9 Å². The van der Waals surface area contributed by atoms with Crippen molar-refractivity contribution in [3.05, 3.63) is 54.5 Å². The Morgan fingerprint density at radius 1 is 1.17 bits per heavy atom. The minimum Gasteiger partial charge on any atom is -0.484 e. The third-order valence-electron chi connectivity index (χ3n) is 3.90. The number of carbonyl (C=O) groups is 1. The first kappa shape index (κ1) is 16.2. The van der Waals surface area contributed by atoms with Crippen LogP contribution >= 0.6 is 0 Å². The van der Waals surface area contributed by atoms with Crippen molar-refractivity contribution in [2.24, 2.45) is 0 Å². The van der Waals surface area contributed by atoms with Gasteiger partial charge in [-0.15, -0.1) is 0 Å². The van der Waals surface area contributed by atoms with Crippen LogP contribution in [0.3, 0.4) is 0 Å². The zero-order valence-electron chi connectivity index (χ0n) is 13.2. The Kier molecular flexibility index (Phi) is 5.25. The Morgan fingerprint density at radius 2 is 1.92 bits per heavy atom. The fourth-order valence-corrected chi connectivity index (χ4v) is 2.58. The van der Waals surface area contributed by atoms with Crippen LogP contribution in [0.15, 0.2) is 48.7 Å². The summed E-state index contributed by atoms with van der Waals surface area (Å²) in [4.78, 5) is 18.1. The Labute approximate surface area is 140 Å². The second kappa shape index (κ2) is 7.77. The zero-order chi connectivity index (χ0) is 16.8. The van der Waals surface area contributed by atoms with Gasteiger partial charge in [-0.3, -0.25) is 4.79 Å². The first-order chi connectivity index (χ1) is 11.7. The maximum absolute atomic E-state index is 12.8. The van der Waals surface area contributed by atoms with Crippen LogP contribution in [-0.2, 0) is 4.79 Å².